The highest BCUT2D eigenvalue weighted by molar-refractivity contribution is 7.12. The summed E-state index contributed by atoms with van der Waals surface area (Å²) >= 11 is 1.60. The molecule has 0 bridgehead atoms. The molecule has 2 rings (SSSR count). The zero-order valence-corrected chi connectivity index (χ0v) is 12.6. The number of nitrogens with zero attached hydrogens (tertiary/aromatic N) is 2. The summed E-state index contributed by atoms with van der Waals surface area (Å²) in [6, 6.07) is 11.3. The largest absolute Gasteiger partial charge is 0.378 e. The number of hydrogen-bond acceptors (Lipinski definition) is 4. The van der Waals surface area contributed by atoms with Crippen LogP contribution in [0.4, 0.5) is 5.69 Å². The van der Waals surface area contributed by atoms with Gasteiger partial charge in [0.15, 0.2) is 0 Å². The molecule has 0 aliphatic carbocycles. The fraction of sp³-hybridized carbons (Fsp3) is 0.200. The van der Waals surface area contributed by atoms with Crippen molar-refractivity contribution in [2.45, 2.75) is 6.92 Å². The van der Waals surface area contributed by atoms with Crippen molar-refractivity contribution in [2.24, 2.45) is 5.10 Å². The van der Waals surface area contributed by atoms with Crippen LogP contribution in [0.25, 0.3) is 0 Å². The number of carbonyl (C=O) groups excluding carboxylic acids is 1. The summed E-state index contributed by atoms with van der Waals surface area (Å²) in [6.07, 6.45) is 0. The lowest BCUT2D eigenvalue weighted by Gasteiger charge is -2.12. The number of hydrogen-bond donors (Lipinski definition) is 1. The van der Waals surface area contributed by atoms with Gasteiger partial charge in [-0.1, -0.05) is 6.07 Å². The van der Waals surface area contributed by atoms with Crippen LogP contribution in [-0.4, -0.2) is 25.7 Å². The second-order valence-electron chi connectivity index (χ2n) is 4.56. The molecule has 0 aliphatic heterocycles. The molecule has 5 heteroatoms. The average molecular weight is 287 g/mol. The minimum absolute atomic E-state index is 0.203. The monoisotopic (exact) mass is 287 g/mol. The van der Waals surface area contributed by atoms with Crippen molar-refractivity contribution in [1.82, 2.24) is 5.43 Å². The molecule has 20 heavy (non-hydrogen) atoms. The van der Waals surface area contributed by atoms with Crippen LogP contribution in [0.3, 0.4) is 0 Å². The third kappa shape index (κ3) is 3.45. The van der Waals surface area contributed by atoms with Gasteiger partial charge in [-0.2, -0.15) is 5.10 Å². The minimum Gasteiger partial charge on any atom is -0.378 e. The highest BCUT2D eigenvalue weighted by Crippen LogP contribution is 2.12. The molecule has 0 spiro atoms. The Balaban J connectivity index is 2.03. The third-order valence-electron chi connectivity index (χ3n) is 2.85. The van der Waals surface area contributed by atoms with E-state index in [1.54, 1.807) is 23.5 Å². The van der Waals surface area contributed by atoms with Gasteiger partial charge < -0.3 is 4.90 Å². The second-order valence-corrected chi connectivity index (χ2v) is 5.50. The summed E-state index contributed by atoms with van der Waals surface area (Å²) in [6.45, 7) is 1.88. The summed E-state index contributed by atoms with van der Waals surface area (Å²) in [5, 5.41) is 6.10. The van der Waals surface area contributed by atoms with E-state index in [-0.39, 0.29) is 5.91 Å². The first kappa shape index (κ1) is 14.3. The highest BCUT2D eigenvalue weighted by atomic mass is 32.1. The maximum Gasteiger partial charge on any atom is 0.271 e. The molecule has 0 aliphatic rings. The van der Waals surface area contributed by atoms with Gasteiger partial charge in [0, 0.05) is 30.2 Å². The molecule has 1 aromatic heterocycles. The molecule has 1 amide bonds. The molecule has 0 saturated carbocycles. The van der Waals surface area contributed by atoms with Gasteiger partial charge in [-0.05, 0) is 42.6 Å². The molecule has 1 aromatic carbocycles. The van der Waals surface area contributed by atoms with Gasteiger partial charge in [-0.3, -0.25) is 4.79 Å². The standard InChI is InChI=1S/C15H17N3OS/c1-11(14-5-4-10-20-14)16-17-15(19)12-6-8-13(9-7-12)18(2)3/h4-10H,1-3H3,(H,17,19)/b16-11-. The first-order valence-electron chi connectivity index (χ1n) is 6.24. The Morgan fingerprint density at radius 2 is 1.90 bits per heavy atom. The van der Waals surface area contributed by atoms with Gasteiger partial charge in [-0.25, -0.2) is 5.43 Å². The van der Waals surface area contributed by atoms with Gasteiger partial charge in [0.1, 0.15) is 0 Å². The smallest absolute Gasteiger partial charge is 0.271 e. The van der Waals surface area contributed by atoms with E-state index in [9.17, 15) is 4.79 Å². The number of hydrazone groups is 1. The number of rotatable bonds is 4. The number of nitrogens with one attached hydrogen (secondary N) is 1. The van der Waals surface area contributed by atoms with Crippen molar-refractivity contribution in [3.63, 3.8) is 0 Å². The summed E-state index contributed by atoms with van der Waals surface area (Å²) in [5.74, 6) is -0.203. The number of benzene rings is 1. The molecule has 1 heterocycles. The molecule has 4 nitrogen and oxygen atoms in total. The Morgan fingerprint density at radius 3 is 2.45 bits per heavy atom. The molecule has 0 fully saturated rings. The minimum atomic E-state index is -0.203. The van der Waals surface area contributed by atoms with E-state index in [4.69, 9.17) is 0 Å². The molecule has 1 N–H and O–H groups in total. The third-order valence-corrected chi connectivity index (χ3v) is 3.83. The topological polar surface area (TPSA) is 44.7 Å². The molecular formula is C15H17N3OS. The SMILES string of the molecule is C/C(=N/NC(=O)c1ccc(N(C)C)cc1)c1cccs1. The Kier molecular flexibility index (Phi) is 4.53. The lowest BCUT2D eigenvalue weighted by atomic mass is 10.2. The quantitative estimate of drug-likeness (QED) is 0.694. The fourth-order valence-electron chi connectivity index (χ4n) is 1.65. The number of carbonyl (C=O) groups is 1. The molecular weight excluding hydrogens is 270 g/mol. The maximum absolute atomic E-state index is 12.0. The first-order valence-corrected chi connectivity index (χ1v) is 7.12. The molecule has 0 saturated heterocycles. The highest BCUT2D eigenvalue weighted by Gasteiger charge is 2.05. The lowest BCUT2D eigenvalue weighted by Crippen LogP contribution is -2.19. The number of amides is 1. The van der Waals surface area contributed by atoms with Gasteiger partial charge in [0.25, 0.3) is 5.91 Å². The number of thiophene rings is 1. The van der Waals surface area contributed by atoms with E-state index in [0.717, 1.165) is 16.3 Å². The molecule has 2 aromatic rings. The Labute approximate surface area is 122 Å². The Bertz CT molecular complexity index is 601. The first-order chi connectivity index (χ1) is 9.58. The van der Waals surface area contributed by atoms with Crippen LogP contribution in [0.15, 0.2) is 46.9 Å². The Morgan fingerprint density at radius 1 is 1.20 bits per heavy atom. The fourth-order valence-corrected chi connectivity index (χ4v) is 2.33. The van der Waals surface area contributed by atoms with Gasteiger partial charge in [0.05, 0.1) is 5.71 Å². The van der Waals surface area contributed by atoms with Crippen LogP contribution in [0.1, 0.15) is 22.2 Å². The van der Waals surface area contributed by atoms with E-state index < -0.39 is 0 Å². The molecule has 0 unspecified atom stereocenters. The summed E-state index contributed by atoms with van der Waals surface area (Å²) in [5.41, 5.74) is 5.03. The average Bonchev–Trinajstić information content (AvgIpc) is 2.98. The molecule has 104 valence electrons. The zero-order valence-electron chi connectivity index (χ0n) is 11.8. The molecule has 0 radical (unpaired) electrons. The van der Waals surface area contributed by atoms with Crippen LogP contribution in [0.2, 0.25) is 0 Å². The maximum atomic E-state index is 12.0. The van der Waals surface area contributed by atoms with Crippen LogP contribution in [0.5, 0.6) is 0 Å². The van der Waals surface area contributed by atoms with Crippen molar-refractivity contribution in [3.8, 4) is 0 Å². The van der Waals surface area contributed by atoms with Crippen LogP contribution in [0, 0.1) is 0 Å². The summed E-state index contributed by atoms with van der Waals surface area (Å²) in [4.78, 5) is 15.0. The van der Waals surface area contributed by atoms with Crippen molar-refractivity contribution in [2.75, 3.05) is 19.0 Å². The van der Waals surface area contributed by atoms with Crippen molar-refractivity contribution >= 4 is 28.6 Å². The predicted molar refractivity (Wildman–Crippen MR) is 84.8 cm³/mol. The van der Waals surface area contributed by atoms with Crippen LogP contribution < -0.4 is 10.3 Å². The van der Waals surface area contributed by atoms with Crippen molar-refractivity contribution in [1.29, 1.82) is 0 Å². The van der Waals surface area contributed by atoms with E-state index in [0.29, 0.717) is 5.56 Å². The Hall–Kier alpha value is -2.14. The van der Waals surface area contributed by atoms with Gasteiger partial charge in [0.2, 0.25) is 0 Å². The van der Waals surface area contributed by atoms with Gasteiger partial charge in [-0.15, -0.1) is 11.3 Å². The second kappa shape index (κ2) is 6.34. The summed E-state index contributed by atoms with van der Waals surface area (Å²) in [7, 11) is 3.92. The van der Waals surface area contributed by atoms with E-state index in [1.807, 2.05) is 55.6 Å². The predicted octanol–water partition coefficient (Wildman–Crippen LogP) is 2.97. The van der Waals surface area contributed by atoms with Crippen molar-refractivity contribution < 1.29 is 4.79 Å². The van der Waals surface area contributed by atoms with Crippen LogP contribution >= 0.6 is 11.3 Å². The normalized spacial score (nSPS) is 11.2. The zero-order chi connectivity index (χ0) is 14.5. The van der Waals surface area contributed by atoms with Crippen molar-refractivity contribution in [3.05, 3.63) is 52.2 Å². The van der Waals surface area contributed by atoms with E-state index >= 15 is 0 Å². The van der Waals surface area contributed by atoms with Gasteiger partial charge >= 0.3 is 0 Å². The number of anilines is 1. The van der Waals surface area contributed by atoms with E-state index in [1.165, 1.54) is 0 Å². The molecule has 0 atom stereocenters. The lowest BCUT2D eigenvalue weighted by molar-refractivity contribution is 0.0955. The summed E-state index contributed by atoms with van der Waals surface area (Å²) < 4.78 is 0. The van der Waals surface area contributed by atoms with E-state index in [2.05, 4.69) is 10.5 Å². The van der Waals surface area contributed by atoms with Crippen LogP contribution in [-0.2, 0) is 0 Å².